The Kier molecular flexibility index (Phi) is 14.6. The van der Waals surface area contributed by atoms with Crippen molar-refractivity contribution in [3.05, 3.63) is 125 Å². The number of hydrogen-bond donors (Lipinski definition) is 6. The largest absolute Gasteiger partial charge is 0.392 e. The molecule has 1 saturated heterocycles. The highest BCUT2D eigenvalue weighted by atomic mass is 32.2. The number of fused-ring (bicyclic) bond motifs is 1. The van der Waals surface area contributed by atoms with Crippen molar-refractivity contribution in [1.82, 2.24) is 5.32 Å². The molecule has 4 aromatic carbocycles. The predicted octanol–water partition coefficient (Wildman–Crippen LogP) is 5.15. The van der Waals surface area contributed by atoms with Crippen LogP contribution < -0.4 is 15.5 Å². The van der Waals surface area contributed by atoms with Crippen LogP contribution in [-0.2, 0) is 37.3 Å². The zero-order valence-electron chi connectivity index (χ0n) is 33.8. The van der Waals surface area contributed by atoms with Crippen molar-refractivity contribution in [3.63, 3.8) is 0 Å². The fourth-order valence-electron chi connectivity index (χ4n) is 8.22. The van der Waals surface area contributed by atoms with E-state index in [1.807, 2.05) is 98.7 Å². The summed E-state index contributed by atoms with van der Waals surface area (Å²) in [5.41, 5.74) is 3.40. The van der Waals surface area contributed by atoms with Crippen LogP contribution in [0.1, 0.15) is 67.7 Å². The third kappa shape index (κ3) is 10.1. The maximum atomic E-state index is 14.1. The molecule has 0 radical (unpaired) electrons. The number of aliphatic hydroxyl groups excluding tert-OH is 4. The molecule has 12 nitrogen and oxygen atoms in total. The highest BCUT2D eigenvalue weighted by Gasteiger charge is 2.49. The van der Waals surface area contributed by atoms with Gasteiger partial charge in [0.2, 0.25) is 0 Å². The van der Waals surface area contributed by atoms with E-state index in [0.29, 0.717) is 29.7 Å². The molecule has 1 fully saturated rings. The summed E-state index contributed by atoms with van der Waals surface area (Å²) < 4.78 is 46.4. The van der Waals surface area contributed by atoms with Gasteiger partial charge in [0.25, 0.3) is 0 Å². The number of rotatable bonds is 17. The number of aliphatic hydroxyl groups is 4. The van der Waals surface area contributed by atoms with Gasteiger partial charge in [0, 0.05) is 36.8 Å². The molecule has 4 aromatic rings. The standard InChI is InChI=1S/C45H59N3O9S/c1-5-7-23-45(6-2)29-58(53,54)37-22-21-34(48(3)4)25-35(37)38(42(45)51)32-19-14-20-33(24-32)46-44(52)47-43-40(50)41(56-27-31-17-12-9-13-18-31)39(49)36(57-43)28-55-26-30-15-10-8-11-16-30/h8-22,24-25,36,38-44,46-47,49-52H,5-7,23,26-29H2,1-4H3/t36-,38-,39-,40-,41+,42-,43-,44?,45-/m1/s1. The summed E-state index contributed by atoms with van der Waals surface area (Å²) in [5, 5.41) is 52.6. The monoisotopic (exact) mass is 817 g/mol. The third-order valence-corrected chi connectivity index (χ3v) is 13.6. The van der Waals surface area contributed by atoms with E-state index in [1.54, 1.807) is 30.3 Å². The molecule has 314 valence electrons. The molecule has 0 saturated carbocycles. The molecule has 0 spiro atoms. The molecule has 0 aromatic heterocycles. The highest BCUT2D eigenvalue weighted by molar-refractivity contribution is 7.91. The van der Waals surface area contributed by atoms with E-state index in [2.05, 4.69) is 17.6 Å². The van der Waals surface area contributed by atoms with Crippen LogP contribution in [0.2, 0.25) is 0 Å². The Morgan fingerprint density at radius 1 is 0.879 bits per heavy atom. The Morgan fingerprint density at radius 3 is 2.22 bits per heavy atom. The van der Waals surface area contributed by atoms with Crippen molar-refractivity contribution in [2.45, 2.75) is 107 Å². The lowest BCUT2D eigenvalue weighted by atomic mass is 9.69. The summed E-state index contributed by atoms with van der Waals surface area (Å²) in [5.74, 6) is -0.851. The molecule has 0 aliphatic carbocycles. The van der Waals surface area contributed by atoms with Crippen LogP contribution in [0.25, 0.3) is 0 Å². The molecule has 2 aliphatic rings. The molecule has 13 heteroatoms. The molecular weight excluding hydrogens is 759 g/mol. The van der Waals surface area contributed by atoms with Crippen LogP contribution in [0.5, 0.6) is 0 Å². The average molecular weight is 818 g/mol. The first-order valence-corrected chi connectivity index (χ1v) is 21.8. The Bertz CT molecular complexity index is 2020. The quantitative estimate of drug-likeness (QED) is 0.0777. The summed E-state index contributed by atoms with van der Waals surface area (Å²) in [7, 11) is 0.0103. The number of ether oxygens (including phenoxy) is 3. The van der Waals surface area contributed by atoms with Crippen LogP contribution in [0.4, 0.5) is 11.4 Å². The smallest absolute Gasteiger partial charge is 0.183 e. The first kappa shape index (κ1) is 43.7. The molecule has 0 amide bonds. The van der Waals surface area contributed by atoms with Crippen LogP contribution >= 0.6 is 0 Å². The average Bonchev–Trinajstić information content (AvgIpc) is 3.28. The number of nitrogens with zero attached hydrogens (tertiary/aromatic N) is 1. The molecule has 2 aliphatic heterocycles. The van der Waals surface area contributed by atoms with Crippen molar-refractivity contribution < 1.29 is 43.1 Å². The van der Waals surface area contributed by atoms with Gasteiger partial charge in [0.1, 0.15) is 30.6 Å². The zero-order chi connectivity index (χ0) is 41.5. The fraction of sp³-hybridized carbons (Fsp3) is 0.467. The van der Waals surface area contributed by atoms with E-state index in [1.165, 1.54) is 0 Å². The van der Waals surface area contributed by atoms with E-state index in [0.717, 1.165) is 29.7 Å². The van der Waals surface area contributed by atoms with E-state index in [-0.39, 0.29) is 30.5 Å². The zero-order valence-corrected chi connectivity index (χ0v) is 34.6. The van der Waals surface area contributed by atoms with Gasteiger partial charge >= 0.3 is 0 Å². The second-order valence-corrected chi connectivity index (χ2v) is 17.8. The number of unbranched alkanes of at least 4 members (excludes halogenated alkanes) is 1. The van der Waals surface area contributed by atoms with Crippen molar-refractivity contribution in [2.75, 3.05) is 36.7 Å². The van der Waals surface area contributed by atoms with E-state index >= 15 is 0 Å². The lowest BCUT2D eigenvalue weighted by Gasteiger charge is -2.43. The van der Waals surface area contributed by atoms with Crippen molar-refractivity contribution >= 4 is 21.2 Å². The SMILES string of the molecule is CCCC[C@]1(CC)CS(=O)(=O)c2ccc(N(C)C)cc2[C@@H](c2cccc(NC(O)N[C@@H]3O[C@H](COCc4ccccc4)[C@@H](O)[C@H](OCc4ccccc4)[C@H]3O)c2)[C@H]1O. The van der Waals surface area contributed by atoms with Gasteiger partial charge in [0.15, 0.2) is 16.2 Å². The molecule has 0 bridgehead atoms. The second kappa shape index (κ2) is 19.4. The number of nitrogens with one attached hydrogen (secondary N) is 2. The highest BCUT2D eigenvalue weighted by Crippen LogP contribution is 2.49. The van der Waals surface area contributed by atoms with E-state index in [4.69, 9.17) is 14.2 Å². The summed E-state index contributed by atoms with van der Waals surface area (Å²) in [6.07, 6.45) is -5.63. The van der Waals surface area contributed by atoms with Gasteiger partial charge in [-0.15, -0.1) is 0 Å². The first-order chi connectivity index (χ1) is 27.9. The summed E-state index contributed by atoms with van der Waals surface area (Å²) in [6.45, 7) is 4.41. The molecule has 2 heterocycles. The molecular formula is C45H59N3O9S. The van der Waals surface area contributed by atoms with Crippen LogP contribution in [0.3, 0.4) is 0 Å². The minimum absolute atomic E-state index is 0.00825. The minimum atomic E-state index is -3.77. The Hall–Kier alpha value is -3.89. The molecule has 6 N–H and O–H groups in total. The van der Waals surface area contributed by atoms with Gasteiger partial charge in [-0.3, -0.25) is 0 Å². The Balaban J connectivity index is 1.25. The van der Waals surface area contributed by atoms with Gasteiger partial charge in [-0.25, -0.2) is 13.7 Å². The van der Waals surface area contributed by atoms with Crippen molar-refractivity contribution in [3.8, 4) is 0 Å². The van der Waals surface area contributed by atoms with Gasteiger partial charge in [-0.2, -0.15) is 0 Å². The molecule has 58 heavy (non-hydrogen) atoms. The lowest BCUT2D eigenvalue weighted by molar-refractivity contribution is -0.258. The normalized spacial score (nSPS) is 27.3. The first-order valence-electron chi connectivity index (χ1n) is 20.2. The van der Waals surface area contributed by atoms with Gasteiger partial charge in [0.05, 0.1) is 36.6 Å². The third-order valence-electron chi connectivity index (χ3n) is 11.6. The molecule has 6 rings (SSSR count). The number of benzene rings is 4. The van der Waals surface area contributed by atoms with E-state index in [9.17, 15) is 28.8 Å². The number of hydrogen-bond acceptors (Lipinski definition) is 12. The topological polar surface area (TPSA) is 170 Å². The maximum Gasteiger partial charge on any atom is 0.183 e. The lowest BCUT2D eigenvalue weighted by Crippen LogP contribution is -2.65. The van der Waals surface area contributed by atoms with Gasteiger partial charge in [-0.05, 0) is 65.4 Å². The van der Waals surface area contributed by atoms with Crippen LogP contribution in [-0.4, -0.2) is 98.4 Å². The van der Waals surface area contributed by atoms with Gasteiger partial charge < -0.3 is 44.9 Å². The van der Waals surface area contributed by atoms with Crippen molar-refractivity contribution in [2.24, 2.45) is 5.41 Å². The molecule has 1 unspecified atom stereocenters. The van der Waals surface area contributed by atoms with Crippen LogP contribution in [0.15, 0.2) is 108 Å². The Morgan fingerprint density at radius 2 is 1.57 bits per heavy atom. The van der Waals surface area contributed by atoms with Gasteiger partial charge in [-0.1, -0.05) is 99.5 Å². The number of anilines is 2. The predicted molar refractivity (Wildman–Crippen MR) is 224 cm³/mol. The Labute approximate surface area is 342 Å². The van der Waals surface area contributed by atoms with Crippen LogP contribution in [0, 0.1) is 5.41 Å². The second-order valence-electron chi connectivity index (χ2n) is 15.8. The fourth-order valence-corrected chi connectivity index (χ4v) is 10.5. The van der Waals surface area contributed by atoms with E-state index < -0.39 is 64.3 Å². The number of sulfone groups is 1. The maximum absolute atomic E-state index is 14.1. The summed E-state index contributed by atoms with van der Waals surface area (Å²) >= 11 is 0. The summed E-state index contributed by atoms with van der Waals surface area (Å²) in [6, 6.07) is 31.5. The molecule has 9 atom stereocenters. The minimum Gasteiger partial charge on any atom is -0.392 e. The van der Waals surface area contributed by atoms with Crippen molar-refractivity contribution in [1.29, 1.82) is 0 Å². The summed E-state index contributed by atoms with van der Waals surface area (Å²) in [4.78, 5) is 2.12.